The van der Waals surface area contributed by atoms with E-state index in [4.69, 9.17) is 4.42 Å². The Balaban J connectivity index is 1.85. The molecule has 1 heterocycles. The molecule has 108 valence electrons. The molecule has 0 fully saturated rings. The summed E-state index contributed by atoms with van der Waals surface area (Å²) in [5.41, 5.74) is 6.23. The van der Waals surface area contributed by atoms with Crippen LogP contribution in [0.3, 0.4) is 0 Å². The van der Waals surface area contributed by atoms with Crippen LogP contribution >= 0.6 is 15.9 Å². The lowest BCUT2D eigenvalue weighted by Crippen LogP contribution is -1.95. The van der Waals surface area contributed by atoms with Crippen LogP contribution in [0.25, 0.3) is 11.0 Å². The number of aryl methyl sites for hydroxylation is 3. The molecule has 0 saturated carbocycles. The number of hydrogen-bond acceptors (Lipinski definition) is 1. The molecule has 3 rings (SSSR count). The maximum absolute atomic E-state index is 5.96. The lowest BCUT2D eigenvalue weighted by Gasteiger charge is -2.09. The molecule has 1 aromatic heterocycles. The standard InChI is InChI=1S/C19H19BrO/c1-12-4-7-18-16(8-12)11-19(21-18)17(20)10-15-6-5-13(2)14(3)9-15/h4-9,11,17H,10H2,1-3H3. The van der Waals surface area contributed by atoms with Gasteiger partial charge in [-0.3, -0.25) is 0 Å². The van der Waals surface area contributed by atoms with E-state index in [1.165, 1.54) is 27.6 Å². The molecule has 0 aliphatic rings. The zero-order valence-corrected chi connectivity index (χ0v) is 14.2. The average Bonchev–Trinajstić information content (AvgIpc) is 2.86. The van der Waals surface area contributed by atoms with Crippen LogP contribution in [0.2, 0.25) is 0 Å². The normalized spacial score (nSPS) is 12.8. The molecule has 1 unspecified atom stereocenters. The van der Waals surface area contributed by atoms with Gasteiger partial charge in [0.15, 0.2) is 0 Å². The van der Waals surface area contributed by atoms with Gasteiger partial charge in [0.2, 0.25) is 0 Å². The Morgan fingerprint density at radius 1 is 0.952 bits per heavy atom. The van der Waals surface area contributed by atoms with Crippen molar-refractivity contribution in [3.05, 3.63) is 70.5 Å². The van der Waals surface area contributed by atoms with Crippen LogP contribution in [0, 0.1) is 20.8 Å². The molecule has 1 nitrogen and oxygen atoms in total. The van der Waals surface area contributed by atoms with Crippen molar-refractivity contribution in [3.63, 3.8) is 0 Å². The minimum absolute atomic E-state index is 0.201. The second-order valence-electron chi connectivity index (χ2n) is 5.78. The highest BCUT2D eigenvalue weighted by Crippen LogP contribution is 2.32. The van der Waals surface area contributed by atoms with E-state index >= 15 is 0 Å². The van der Waals surface area contributed by atoms with Gasteiger partial charge in [0.25, 0.3) is 0 Å². The van der Waals surface area contributed by atoms with Gasteiger partial charge in [-0.1, -0.05) is 45.8 Å². The van der Waals surface area contributed by atoms with Gasteiger partial charge in [-0.15, -0.1) is 0 Å². The molecule has 0 saturated heterocycles. The third kappa shape index (κ3) is 3.06. The number of benzene rings is 2. The van der Waals surface area contributed by atoms with E-state index in [9.17, 15) is 0 Å². The summed E-state index contributed by atoms with van der Waals surface area (Å²) in [6.45, 7) is 6.41. The van der Waals surface area contributed by atoms with Gasteiger partial charge < -0.3 is 4.42 Å². The fraction of sp³-hybridized carbons (Fsp3) is 0.263. The molecule has 0 amide bonds. The number of alkyl halides is 1. The predicted octanol–water partition coefficient (Wildman–Crippen LogP) is 6.04. The third-order valence-corrected chi connectivity index (χ3v) is 4.76. The number of furan rings is 1. The molecular weight excluding hydrogens is 324 g/mol. The number of rotatable bonds is 3. The second kappa shape index (κ2) is 5.69. The fourth-order valence-electron chi connectivity index (χ4n) is 2.58. The van der Waals surface area contributed by atoms with Gasteiger partial charge >= 0.3 is 0 Å². The summed E-state index contributed by atoms with van der Waals surface area (Å²) < 4.78 is 5.96. The van der Waals surface area contributed by atoms with Gasteiger partial charge in [0, 0.05) is 5.39 Å². The van der Waals surface area contributed by atoms with Crippen LogP contribution < -0.4 is 0 Å². The summed E-state index contributed by atoms with van der Waals surface area (Å²) in [5, 5.41) is 1.18. The van der Waals surface area contributed by atoms with Crippen LogP contribution in [0.4, 0.5) is 0 Å². The lowest BCUT2D eigenvalue weighted by atomic mass is 10.0. The molecule has 2 heteroatoms. The van der Waals surface area contributed by atoms with Crippen LogP contribution in [-0.4, -0.2) is 0 Å². The maximum atomic E-state index is 5.96. The minimum Gasteiger partial charge on any atom is -0.460 e. The van der Waals surface area contributed by atoms with E-state index < -0.39 is 0 Å². The van der Waals surface area contributed by atoms with Gasteiger partial charge in [0.05, 0.1) is 4.83 Å². The van der Waals surface area contributed by atoms with E-state index in [1.807, 2.05) is 6.07 Å². The Hall–Kier alpha value is -1.54. The Labute approximate surface area is 134 Å². The van der Waals surface area contributed by atoms with Crippen molar-refractivity contribution in [2.24, 2.45) is 0 Å². The topological polar surface area (TPSA) is 13.1 Å². The number of hydrogen-bond donors (Lipinski definition) is 0. The monoisotopic (exact) mass is 342 g/mol. The van der Waals surface area contributed by atoms with Gasteiger partial charge in [0.1, 0.15) is 11.3 Å². The average molecular weight is 343 g/mol. The summed E-state index contributed by atoms with van der Waals surface area (Å²) in [4.78, 5) is 0.201. The van der Waals surface area contributed by atoms with Crippen LogP contribution in [-0.2, 0) is 6.42 Å². The zero-order chi connectivity index (χ0) is 15.0. The van der Waals surface area contributed by atoms with Crippen molar-refractivity contribution >= 4 is 26.9 Å². The highest BCUT2D eigenvalue weighted by Gasteiger charge is 2.14. The molecule has 3 aromatic rings. The molecule has 0 aliphatic carbocycles. The summed E-state index contributed by atoms with van der Waals surface area (Å²) in [5.74, 6) is 0.994. The van der Waals surface area contributed by atoms with E-state index in [-0.39, 0.29) is 4.83 Å². The minimum atomic E-state index is 0.201. The zero-order valence-electron chi connectivity index (χ0n) is 12.6. The molecule has 2 aromatic carbocycles. The van der Waals surface area contributed by atoms with Crippen molar-refractivity contribution in [3.8, 4) is 0 Å². The highest BCUT2D eigenvalue weighted by atomic mass is 79.9. The van der Waals surface area contributed by atoms with E-state index in [0.717, 1.165) is 17.8 Å². The first-order valence-electron chi connectivity index (χ1n) is 7.23. The summed E-state index contributed by atoms with van der Waals surface area (Å²) in [7, 11) is 0. The van der Waals surface area contributed by atoms with E-state index in [0.29, 0.717) is 0 Å². The molecule has 1 atom stereocenters. The molecule has 0 aliphatic heterocycles. The Morgan fingerprint density at radius 2 is 1.76 bits per heavy atom. The SMILES string of the molecule is Cc1ccc2oc(C(Br)Cc3ccc(C)c(C)c3)cc2c1. The molecule has 0 radical (unpaired) electrons. The Bertz CT molecular complexity index is 785. The van der Waals surface area contributed by atoms with Gasteiger partial charge in [-0.25, -0.2) is 0 Å². The van der Waals surface area contributed by atoms with Crippen LogP contribution in [0.5, 0.6) is 0 Å². The van der Waals surface area contributed by atoms with Crippen molar-refractivity contribution < 1.29 is 4.42 Å². The highest BCUT2D eigenvalue weighted by molar-refractivity contribution is 9.09. The first-order valence-corrected chi connectivity index (χ1v) is 8.15. The van der Waals surface area contributed by atoms with Crippen LogP contribution in [0.1, 0.15) is 32.8 Å². The molecule has 0 N–H and O–H groups in total. The molecular formula is C19H19BrO. The smallest absolute Gasteiger partial charge is 0.134 e. The van der Waals surface area contributed by atoms with E-state index in [2.05, 4.69) is 73.1 Å². The maximum Gasteiger partial charge on any atom is 0.134 e. The summed E-state index contributed by atoms with van der Waals surface area (Å²) in [6.07, 6.45) is 0.930. The van der Waals surface area contributed by atoms with E-state index in [1.54, 1.807) is 0 Å². The van der Waals surface area contributed by atoms with Crippen LogP contribution in [0.15, 0.2) is 46.9 Å². The first-order chi connectivity index (χ1) is 10.0. The van der Waals surface area contributed by atoms with Gasteiger partial charge in [-0.2, -0.15) is 0 Å². The number of halogens is 1. The Kier molecular flexibility index (Phi) is 3.90. The molecule has 0 spiro atoms. The summed E-state index contributed by atoms with van der Waals surface area (Å²) >= 11 is 3.77. The van der Waals surface area contributed by atoms with Crippen molar-refractivity contribution in [1.82, 2.24) is 0 Å². The number of fused-ring (bicyclic) bond motifs is 1. The first kappa shape index (κ1) is 14.4. The molecule has 21 heavy (non-hydrogen) atoms. The quantitative estimate of drug-likeness (QED) is 0.529. The van der Waals surface area contributed by atoms with Crippen molar-refractivity contribution in [1.29, 1.82) is 0 Å². The third-order valence-electron chi connectivity index (χ3n) is 3.99. The second-order valence-corrected chi connectivity index (χ2v) is 6.89. The summed E-state index contributed by atoms with van der Waals surface area (Å²) in [6, 6.07) is 15.1. The predicted molar refractivity (Wildman–Crippen MR) is 92.2 cm³/mol. The lowest BCUT2D eigenvalue weighted by molar-refractivity contribution is 0.545. The molecule has 0 bridgehead atoms. The van der Waals surface area contributed by atoms with Gasteiger partial charge in [-0.05, 0) is 62.1 Å². The van der Waals surface area contributed by atoms with Crippen molar-refractivity contribution in [2.75, 3.05) is 0 Å². The largest absolute Gasteiger partial charge is 0.460 e. The Morgan fingerprint density at radius 3 is 2.52 bits per heavy atom. The van der Waals surface area contributed by atoms with Crippen molar-refractivity contribution in [2.45, 2.75) is 32.0 Å². The fourth-order valence-corrected chi connectivity index (χ4v) is 3.18.